The van der Waals surface area contributed by atoms with Gasteiger partial charge in [-0.05, 0) is 24.3 Å². The van der Waals surface area contributed by atoms with Gasteiger partial charge in [0.15, 0.2) is 0 Å². The molecule has 0 spiro atoms. The number of carbonyl (C=O) groups is 1. The number of carbonyl (C=O) groups excluding carboxylic acids is 1. The third kappa shape index (κ3) is 3.77. The second-order valence-electron chi connectivity index (χ2n) is 4.29. The molecule has 0 unspecified atom stereocenters. The second kappa shape index (κ2) is 6.32. The first kappa shape index (κ1) is 14.9. The van der Waals surface area contributed by atoms with Crippen LogP contribution in [0.4, 0.5) is 8.78 Å². The van der Waals surface area contributed by atoms with Crippen molar-refractivity contribution < 1.29 is 23.4 Å². The van der Waals surface area contributed by atoms with E-state index < -0.39 is 12.7 Å². The van der Waals surface area contributed by atoms with Gasteiger partial charge >= 0.3 is 6.61 Å². The molecule has 1 aliphatic heterocycles. The molecule has 1 aromatic carbocycles. The van der Waals surface area contributed by atoms with E-state index in [2.05, 4.69) is 20.7 Å². The van der Waals surface area contributed by atoms with E-state index in [9.17, 15) is 13.6 Å². The molecule has 1 saturated heterocycles. The highest BCUT2D eigenvalue weighted by Crippen LogP contribution is 2.26. The van der Waals surface area contributed by atoms with Crippen molar-refractivity contribution in [1.82, 2.24) is 4.90 Å². The number of hydrogen-bond donors (Lipinski definition) is 1. The van der Waals surface area contributed by atoms with Crippen LogP contribution < -0.4 is 4.74 Å². The lowest BCUT2D eigenvalue weighted by molar-refractivity contribution is -0.135. The van der Waals surface area contributed by atoms with Crippen LogP contribution in [0, 0.1) is 0 Å². The number of nitrogens with zero attached hydrogens (tertiary/aromatic N) is 1. The van der Waals surface area contributed by atoms with Crippen LogP contribution in [0.1, 0.15) is 5.56 Å². The molecule has 108 valence electrons. The fourth-order valence-electron chi connectivity index (χ4n) is 1.75. The van der Waals surface area contributed by atoms with Crippen molar-refractivity contribution in [2.24, 2.45) is 0 Å². The first-order valence-corrected chi connectivity index (χ1v) is 6.64. The summed E-state index contributed by atoms with van der Waals surface area (Å²) < 4.78 is 29.6. The zero-order chi connectivity index (χ0) is 14.7. The van der Waals surface area contributed by atoms with Crippen LogP contribution in [0.15, 0.2) is 28.7 Å². The quantitative estimate of drug-likeness (QED) is 0.850. The van der Waals surface area contributed by atoms with Gasteiger partial charge in [0.2, 0.25) is 5.91 Å². The number of benzene rings is 1. The van der Waals surface area contributed by atoms with E-state index in [1.807, 2.05) is 0 Å². The fraction of sp³-hybridized carbons (Fsp3) is 0.308. The molecule has 0 saturated carbocycles. The Bertz CT molecular complexity index is 530. The predicted octanol–water partition coefficient (Wildman–Crippen LogP) is 2.27. The van der Waals surface area contributed by atoms with Crippen molar-refractivity contribution in [3.8, 4) is 5.75 Å². The molecule has 1 N–H and O–H groups in total. The molecule has 1 aromatic rings. The molecular weight excluding hydrogens is 336 g/mol. The predicted molar refractivity (Wildman–Crippen MR) is 72.4 cm³/mol. The highest BCUT2D eigenvalue weighted by atomic mass is 79.9. The molecular formula is C13H12BrF2NO3. The van der Waals surface area contributed by atoms with Crippen LogP contribution in [0.2, 0.25) is 0 Å². The van der Waals surface area contributed by atoms with Crippen LogP contribution in [0.3, 0.4) is 0 Å². The minimum Gasteiger partial charge on any atom is -0.434 e. The second-order valence-corrected chi connectivity index (χ2v) is 5.21. The Labute approximate surface area is 122 Å². The number of hydrogen-bond acceptors (Lipinski definition) is 3. The first-order valence-electron chi connectivity index (χ1n) is 5.85. The van der Waals surface area contributed by atoms with Gasteiger partial charge in [-0.3, -0.25) is 4.79 Å². The van der Waals surface area contributed by atoms with Crippen molar-refractivity contribution in [2.45, 2.75) is 12.7 Å². The Kier molecular flexibility index (Phi) is 4.72. The summed E-state index contributed by atoms with van der Waals surface area (Å²) in [5.41, 5.74) is 0.370. The summed E-state index contributed by atoms with van der Waals surface area (Å²) in [4.78, 5) is 13.1. The summed E-state index contributed by atoms with van der Waals surface area (Å²) >= 11 is 3.23. The first-order chi connectivity index (χ1) is 9.45. The van der Waals surface area contributed by atoms with Crippen molar-refractivity contribution >= 4 is 27.9 Å². The lowest BCUT2D eigenvalue weighted by Crippen LogP contribution is -2.52. The molecule has 1 amide bonds. The minimum atomic E-state index is -2.93. The highest BCUT2D eigenvalue weighted by Gasteiger charge is 2.27. The van der Waals surface area contributed by atoms with Crippen molar-refractivity contribution in [3.63, 3.8) is 0 Å². The van der Waals surface area contributed by atoms with E-state index in [0.29, 0.717) is 23.1 Å². The Morgan fingerprint density at radius 2 is 2.20 bits per heavy atom. The van der Waals surface area contributed by atoms with Gasteiger partial charge in [-0.25, -0.2) is 0 Å². The number of likely N-dealkylation sites (tertiary alicyclic amines) is 1. The number of aliphatic hydroxyl groups excluding tert-OH is 1. The van der Waals surface area contributed by atoms with Gasteiger partial charge in [-0.1, -0.05) is 15.9 Å². The fourth-order valence-corrected chi connectivity index (χ4v) is 2.13. The van der Waals surface area contributed by atoms with E-state index in [4.69, 9.17) is 5.11 Å². The van der Waals surface area contributed by atoms with Crippen molar-refractivity contribution in [1.29, 1.82) is 0 Å². The van der Waals surface area contributed by atoms with E-state index in [1.165, 1.54) is 23.1 Å². The molecule has 1 aliphatic rings. The molecule has 7 heteroatoms. The van der Waals surface area contributed by atoms with Gasteiger partial charge < -0.3 is 14.7 Å². The number of halogens is 3. The summed E-state index contributed by atoms with van der Waals surface area (Å²) in [5.74, 6) is -0.283. The Morgan fingerprint density at radius 1 is 1.50 bits per heavy atom. The standard InChI is InChI=1S/C13H12BrF2NO3/c14-9-2-3-11(20-13(15)16)8(5-9)1-4-12(19)17-6-10(18)7-17/h1-5,10,13,18H,6-7H2/b4-1+. The van der Waals surface area contributed by atoms with E-state index in [-0.39, 0.29) is 11.7 Å². The molecule has 0 bridgehead atoms. The largest absolute Gasteiger partial charge is 0.434 e. The lowest BCUT2D eigenvalue weighted by Gasteiger charge is -2.34. The monoisotopic (exact) mass is 347 g/mol. The number of β-amino-alcohol motifs (C(OH)–C–C–N with tert-alkyl or cyclic N) is 1. The molecule has 0 atom stereocenters. The zero-order valence-corrected chi connectivity index (χ0v) is 11.9. The number of alkyl halides is 2. The summed E-state index contributed by atoms with van der Waals surface area (Å²) in [5, 5.41) is 9.10. The van der Waals surface area contributed by atoms with E-state index in [1.54, 1.807) is 12.1 Å². The maximum absolute atomic E-state index is 12.3. The van der Waals surface area contributed by atoms with Crippen LogP contribution in [-0.4, -0.2) is 41.7 Å². The van der Waals surface area contributed by atoms with Crippen LogP contribution >= 0.6 is 15.9 Å². The molecule has 2 rings (SSSR count). The molecule has 4 nitrogen and oxygen atoms in total. The number of rotatable bonds is 4. The Morgan fingerprint density at radius 3 is 2.80 bits per heavy atom. The average Bonchev–Trinajstić information content (AvgIpc) is 2.34. The molecule has 0 radical (unpaired) electrons. The molecule has 1 heterocycles. The highest BCUT2D eigenvalue weighted by molar-refractivity contribution is 9.10. The lowest BCUT2D eigenvalue weighted by atomic mass is 10.1. The number of aliphatic hydroxyl groups is 1. The van der Waals surface area contributed by atoms with Gasteiger partial charge in [-0.2, -0.15) is 8.78 Å². The van der Waals surface area contributed by atoms with Gasteiger partial charge in [0.05, 0.1) is 6.10 Å². The summed E-state index contributed by atoms with van der Waals surface area (Å²) in [7, 11) is 0. The molecule has 1 fully saturated rings. The normalized spacial score (nSPS) is 15.8. The van der Waals surface area contributed by atoms with Gasteiger partial charge in [-0.15, -0.1) is 0 Å². The SMILES string of the molecule is O=C(/C=C/c1cc(Br)ccc1OC(F)F)N1CC(O)C1. The Hall–Kier alpha value is -1.47. The summed E-state index contributed by atoms with van der Waals surface area (Å²) in [6.07, 6.45) is 2.21. The molecule has 0 aliphatic carbocycles. The van der Waals surface area contributed by atoms with Crippen LogP contribution in [0.25, 0.3) is 6.08 Å². The third-order valence-electron chi connectivity index (χ3n) is 2.77. The van der Waals surface area contributed by atoms with Gasteiger partial charge in [0, 0.05) is 29.2 Å². The summed E-state index contributed by atoms with van der Waals surface area (Å²) in [6.45, 7) is -2.34. The maximum Gasteiger partial charge on any atom is 0.387 e. The van der Waals surface area contributed by atoms with Gasteiger partial charge in [0.25, 0.3) is 0 Å². The number of ether oxygens (including phenoxy) is 1. The van der Waals surface area contributed by atoms with Gasteiger partial charge in [0.1, 0.15) is 5.75 Å². The van der Waals surface area contributed by atoms with Crippen molar-refractivity contribution in [3.05, 3.63) is 34.3 Å². The van der Waals surface area contributed by atoms with Crippen molar-refractivity contribution in [2.75, 3.05) is 13.1 Å². The molecule has 0 aromatic heterocycles. The average molecular weight is 348 g/mol. The van der Waals surface area contributed by atoms with E-state index >= 15 is 0 Å². The topological polar surface area (TPSA) is 49.8 Å². The zero-order valence-electron chi connectivity index (χ0n) is 10.3. The van der Waals surface area contributed by atoms with Crippen LogP contribution in [0.5, 0.6) is 5.75 Å². The number of amides is 1. The molecule has 20 heavy (non-hydrogen) atoms. The summed E-state index contributed by atoms with van der Waals surface area (Å²) in [6, 6.07) is 4.54. The Balaban J connectivity index is 2.10. The van der Waals surface area contributed by atoms with Crippen LogP contribution in [-0.2, 0) is 4.79 Å². The maximum atomic E-state index is 12.3. The third-order valence-corrected chi connectivity index (χ3v) is 3.26. The van der Waals surface area contributed by atoms with E-state index in [0.717, 1.165) is 0 Å². The minimum absolute atomic E-state index is 0.00380. The smallest absolute Gasteiger partial charge is 0.387 e.